The molecule has 1 heterocycles. The number of benzene rings is 1. The van der Waals surface area contributed by atoms with Crippen LogP contribution in [0.2, 0.25) is 0 Å². The second-order valence-electron chi connectivity index (χ2n) is 7.70. The average Bonchev–Trinajstić information content (AvgIpc) is 3.22. The van der Waals surface area contributed by atoms with Crippen molar-refractivity contribution in [1.29, 1.82) is 0 Å². The van der Waals surface area contributed by atoms with Gasteiger partial charge in [0.1, 0.15) is 0 Å². The van der Waals surface area contributed by atoms with Gasteiger partial charge in [-0.25, -0.2) is 0 Å². The Balaban J connectivity index is 1.79. The molecule has 21 heavy (non-hydrogen) atoms. The van der Waals surface area contributed by atoms with Crippen molar-refractivity contribution in [3.8, 4) is 0 Å². The molecular formula is C19H30N2. The van der Waals surface area contributed by atoms with E-state index in [0.29, 0.717) is 11.6 Å². The minimum atomic E-state index is 0.332. The highest BCUT2D eigenvalue weighted by Crippen LogP contribution is 2.41. The van der Waals surface area contributed by atoms with Gasteiger partial charge in [0, 0.05) is 31.2 Å². The SMILES string of the molecule is Cc1cc(C)c(CN2CC(C)(C3CC3)NCC2C)c(C)c1. The van der Waals surface area contributed by atoms with Crippen molar-refractivity contribution < 1.29 is 0 Å². The Hall–Kier alpha value is -0.860. The monoisotopic (exact) mass is 286 g/mol. The second kappa shape index (κ2) is 5.40. The first-order chi connectivity index (χ1) is 9.89. The Bertz CT molecular complexity index is 509. The molecule has 0 bridgehead atoms. The molecular weight excluding hydrogens is 256 g/mol. The number of hydrogen-bond donors (Lipinski definition) is 1. The molecule has 1 N–H and O–H groups in total. The molecule has 0 spiro atoms. The van der Waals surface area contributed by atoms with Crippen molar-refractivity contribution in [2.75, 3.05) is 13.1 Å². The third kappa shape index (κ3) is 3.02. The number of hydrogen-bond acceptors (Lipinski definition) is 2. The molecule has 0 radical (unpaired) electrons. The van der Waals surface area contributed by atoms with Crippen molar-refractivity contribution in [2.45, 2.75) is 65.6 Å². The quantitative estimate of drug-likeness (QED) is 0.914. The zero-order valence-corrected chi connectivity index (χ0v) is 14.3. The van der Waals surface area contributed by atoms with E-state index in [0.717, 1.165) is 19.0 Å². The Kier molecular flexibility index (Phi) is 3.87. The summed E-state index contributed by atoms with van der Waals surface area (Å²) in [5, 5.41) is 3.82. The molecule has 1 aliphatic heterocycles. The zero-order valence-electron chi connectivity index (χ0n) is 14.3. The molecule has 2 atom stereocenters. The van der Waals surface area contributed by atoms with Gasteiger partial charge in [0.2, 0.25) is 0 Å². The predicted molar refractivity (Wildman–Crippen MR) is 89.7 cm³/mol. The number of rotatable bonds is 3. The lowest BCUT2D eigenvalue weighted by molar-refractivity contribution is 0.0767. The lowest BCUT2D eigenvalue weighted by Gasteiger charge is -2.46. The smallest absolute Gasteiger partial charge is 0.0309 e. The van der Waals surface area contributed by atoms with Gasteiger partial charge in [-0.3, -0.25) is 4.90 Å². The summed E-state index contributed by atoms with van der Waals surface area (Å²) in [6.45, 7) is 14.9. The molecule has 2 fully saturated rings. The molecule has 116 valence electrons. The van der Waals surface area contributed by atoms with Crippen LogP contribution in [0.5, 0.6) is 0 Å². The van der Waals surface area contributed by atoms with Crippen molar-refractivity contribution >= 4 is 0 Å². The van der Waals surface area contributed by atoms with Gasteiger partial charge < -0.3 is 5.32 Å². The molecule has 3 rings (SSSR count). The molecule has 1 aromatic rings. The lowest BCUT2D eigenvalue weighted by Crippen LogP contribution is -2.62. The summed E-state index contributed by atoms with van der Waals surface area (Å²) in [6, 6.07) is 5.28. The van der Waals surface area contributed by atoms with E-state index in [9.17, 15) is 0 Å². The maximum absolute atomic E-state index is 3.82. The van der Waals surface area contributed by atoms with Crippen LogP contribution in [0.3, 0.4) is 0 Å². The number of aryl methyl sites for hydroxylation is 3. The number of piperazine rings is 1. The summed E-state index contributed by atoms with van der Waals surface area (Å²) in [7, 11) is 0. The van der Waals surface area contributed by atoms with Crippen LogP contribution in [0.4, 0.5) is 0 Å². The highest BCUT2D eigenvalue weighted by atomic mass is 15.3. The van der Waals surface area contributed by atoms with Crippen molar-refractivity contribution in [2.24, 2.45) is 5.92 Å². The summed E-state index contributed by atoms with van der Waals surface area (Å²) in [4.78, 5) is 2.69. The van der Waals surface area contributed by atoms with Gasteiger partial charge in [-0.2, -0.15) is 0 Å². The van der Waals surface area contributed by atoms with Crippen LogP contribution in [0.1, 0.15) is 48.9 Å². The first kappa shape index (κ1) is 15.1. The Morgan fingerprint density at radius 2 is 1.81 bits per heavy atom. The van der Waals surface area contributed by atoms with Crippen molar-refractivity contribution in [3.63, 3.8) is 0 Å². The normalized spacial score (nSPS) is 30.6. The summed E-state index contributed by atoms with van der Waals surface area (Å²) < 4.78 is 0. The van der Waals surface area contributed by atoms with Crippen LogP contribution >= 0.6 is 0 Å². The molecule has 2 aliphatic rings. The van der Waals surface area contributed by atoms with Crippen LogP contribution in [-0.2, 0) is 6.54 Å². The number of nitrogens with zero attached hydrogens (tertiary/aromatic N) is 1. The topological polar surface area (TPSA) is 15.3 Å². The van der Waals surface area contributed by atoms with Crippen LogP contribution in [0.25, 0.3) is 0 Å². The molecule has 1 saturated carbocycles. The maximum atomic E-state index is 3.82. The Labute approximate surface area is 129 Å². The van der Waals surface area contributed by atoms with Gasteiger partial charge >= 0.3 is 0 Å². The van der Waals surface area contributed by atoms with E-state index in [-0.39, 0.29) is 0 Å². The Morgan fingerprint density at radius 3 is 2.38 bits per heavy atom. The van der Waals surface area contributed by atoms with E-state index < -0.39 is 0 Å². The van der Waals surface area contributed by atoms with Crippen LogP contribution in [-0.4, -0.2) is 29.6 Å². The first-order valence-corrected chi connectivity index (χ1v) is 8.45. The zero-order chi connectivity index (χ0) is 15.2. The summed E-state index contributed by atoms with van der Waals surface area (Å²) in [5.74, 6) is 0.896. The molecule has 1 saturated heterocycles. The van der Waals surface area contributed by atoms with Gasteiger partial charge in [0.25, 0.3) is 0 Å². The van der Waals surface area contributed by atoms with E-state index in [1.165, 1.54) is 41.6 Å². The molecule has 1 aliphatic carbocycles. The summed E-state index contributed by atoms with van der Waals surface area (Å²) in [6.07, 6.45) is 2.82. The highest BCUT2D eigenvalue weighted by Gasteiger charge is 2.45. The van der Waals surface area contributed by atoms with E-state index in [4.69, 9.17) is 0 Å². The van der Waals surface area contributed by atoms with E-state index >= 15 is 0 Å². The summed E-state index contributed by atoms with van der Waals surface area (Å²) >= 11 is 0. The Morgan fingerprint density at radius 1 is 1.19 bits per heavy atom. The van der Waals surface area contributed by atoms with E-state index in [1.54, 1.807) is 0 Å². The van der Waals surface area contributed by atoms with Gasteiger partial charge in [-0.05, 0) is 70.1 Å². The average molecular weight is 286 g/mol. The van der Waals surface area contributed by atoms with Gasteiger partial charge in [-0.1, -0.05) is 17.7 Å². The fourth-order valence-corrected chi connectivity index (χ4v) is 4.01. The molecule has 2 nitrogen and oxygen atoms in total. The second-order valence-corrected chi connectivity index (χ2v) is 7.70. The maximum Gasteiger partial charge on any atom is 0.0309 e. The number of nitrogens with one attached hydrogen (secondary N) is 1. The van der Waals surface area contributed by atoms with Gasteiger partial charge in [-0.15, -0.1) is 0 Å². The lowest BCUT2D eigenvalue weighted by atomic mass is 9.90. The van der Waals surface area contributed by atoms with Crippen molar-refractivity contribution in [1.82, 2.24) is 10.2 Å². The fourth-order valence-electron chi connectivity index (χ4n) is 4.01. The standard InChI is InChI=1S/C19H30N2/c1-13-8-14(2)18(15(3)9-13)11-21-12-19(5,17-6-7-17)20-10-16(21)4/h8-9,16-17,20H,6-7,10-12H2,1-5H3. The molecule has 1 aromatic carbocycles. The summed E-state index contributed by atoms with van der Waals surface area (Å²) in [5.41, 5.74) is 6.15. The van der Waals surface area contributed by atoms with E-state index in [1.807, 2.05) is 0 Å². The van der Waals surface area contributed by atoms with Crippen LogP contribution in [0.15, 0.2) is 12.1 Å². The van der Waals surface area contributed by atoms with Crippen LogP contribution < -0.4 is 5.32 Å². The third-order valence-corrected chi connectivity index (χ3v) is 5.64. The highest BCUT2D eigenvalue weighted by molar-refractivity contribution is 5.37. The fraction of sp³-hybridized carbons (Fsp3) is 0.684. The minimum Gasteiger partial charge on any atom is -0.308 e. The predicted octanol–water partition coefficient (Wildman–Crippen LogP) is 3.57. The molecule has 0 amide bonds. The van der Waals surface area contributed by atoms with Crippen LogP contribution in [0, 0.1) is 26.7 Å². The minimum absolute atomic E-state index is 0.332. The van der Waals surface area contributed by atoms with Gasteiger partial charge in [0.05, 0.1) is 0 Å². The third-order valence-electron chi connectivity index (χ3n) is 5.64. The molecule has 2 unspecified atom stereocenters. The van der Waals surface area contributed by atoms with E-state index in [2.05, 4.69) is 57.0 Å². The molecule has 0 aromatic heterocycles. The van der Waals surface area contributed by atoms with Crippen molar-refractivity contribution in [3.05, 3.63) is 34.4 Å². The first-order valence-electron chi connectivity index (χ1n) is 8.45. The largest absolute Gasteiger partial charge is 0.308 e. The van der Waals surface area contributed by atoms with Gasteiger partial charge in [0.15, 0.2) is 0 Å². The molecule has 2 heteroatoms.